The Balaban J connectivity index is 1.42. The van der Waals surface area contributed by atoms with Gasteiger partial charge >= 0.3 is 0 Å². The highest BCUT2D eigenvalue weighted by Gasteiger charge is 2.46. The molecule has 1 amide bonds. The number of fused-ring (bicyclic) bond motifs is 2. The normalized spacial score (nSPS) is 17.4. The number of hydrogen-bond acceptors (Lipinski definition) is 3. The molecule has 3 aromatic rings. The second-order valence-corrected chi connectivity index (χ2v) is 9.26. The van der Waals surface area contributed by atoms with E-state index in [0.29, 0.717) is 17.1 Å². The maximum Gasteiger partial charge on any atom is 0.258 e. The standard InChI is InChI=1S/C27H27ClN2O2/c1-32-23-10-11-25-24(17-23)27(19-30(25)26(31)21-8-5-9-22(28)16-21)12-14-29(15-13-27)18-20-6-3-2-4-7-20/h2-11,16-17H,12-15,18-19H2,1H3. The first-order chi connectivity index (χ1) is 15.6. The number of ether oxygens (including phenoxy) is 1. The second kappa shape index (κ2) is 8.61. The molecule has 4 nitrogen and oxygen atoms in total. The summed E-state index contributed by atoms with van der Waals surface area (Å²) in [6, 6.07) is 23.9. The van der Waals surface area contributed by atoms with Crippen LogP contribution < -0.4 is 9.64 Å². The van der Waals surface area contributed by atoms with Gasteiger partial charge in [0.25, 0.3) is 5.91 Å². The summed E-state index contributed by atoms with van der Waals surface area (Å²) < 4.78 is 5.54. The number of carbonyl (C=O) groups excluding carboxylic acids is 1. The van der Waals surface area contributed by atoms with Crippen molar-refractivity contribution in [2.45, 2.75) is 24.8 Å². The SMILES string of the molecule is COc1ccc2c(c1)C1(CCN(Cc3ccccc3)CC1)CN2C(=O)c1cccc(Cl)c1. The molecule has 0 saturated carbocycles. The highest BCUT2D eigenvalue weighted by molar-refractivity contribution is 6.31. The number of methoxy groups -OCH3 is 1. The van der Waals surface area contributed by atoms with Crippen LogP contribution in [-0.4, -0.2) is 37.6 Å². The second-order valence-electron chi connectivity index (χ2n) is 8.83. The first kappa shape index (κ1) is 21.0. The lowest BCUT2D eigenvalue weighted by Gasteiger charge is -2.40. The van der Waals surface area contributed by atoms with Crippen molar-refractivity contribution in [3.05, 3.63) is 94.5 Å². The number of carbonyl (C=O) groups is 1. The van der Waals surface area contributed by atoms with Crippen molar-refractivity contribution in [2.24, 2.45) is 0 Å². The van der Waals surface area contributed by atoms with Gasteiger partial charge in [0.1, 0.15) is 5.75 Å². The summed E-state index contributed by atoms with van der Waals surface area (Å²) in [6.07, 6.45) is 2.03. The van der Waals surface area contributed by atoms with Gasteiger partial charge in [0.2, 0.25) is 0 Å². The largest absolute Gasteiger partial charge is 0.497 e. The third-order valence-corrected chi connectivity index (χ3v) is 7.14. The lowest BCUT2D eigenvalue weighted by molar-refractivity contribution is 0.0975. The summed E-state index contributed by atoms with van der Waals surface area (Å²) in [7, 11) is 1.70. The van der Waals surface area contributed by atoms with E-state index >= 15 is 0 Å². The van der Waals surface area contributed by atoms with Crippen LogP contribution in [0.25, 0.3) is 0 Å². The smallest absolute Gasteiger partial charge is 0.258 e. The van der Waals surface area contributed by atoms with E-state index in [-0.39, 0.29) is 11.3 Å². The zero-order valence-corrected chi connectivity index (χ0v) is 19.0. The zero-order chi connectivity index (χ0) is 22.1. The van der Waals surface area contributed by atoms with Crippen molar-refractivity contribution in [1.29, 1.82) is 0 Å². The summed E-state index contributed by atoms with van der Waals surface area (Å²) in [5.74, 6) is 0.842. The minimum atomic E-state index is -0.0503. The van der Waals surface area contributed by atoms with E-state index in [4.69, 9.17) is 16.3 Å². The molecular weight excluding hydrogens is 420 g/mol. The summed E-state index contributed by atoms with van der Waals surface area (Å²) in [6.45, 7) is 3.67. The lowest BCUT2D eigenvalue weighted by atomic mass is 9.74. The van der Waals surface area contributed by atoms with Gasteiger partial charge in [-0.25, -0.2) is 0 Å². The highest BCUT2D eigenvalue weighted by atomic mass is 35.5. The van der Waals surface area contributed by atoms with Gasteiger partial charge in [-0.3, -0.25) is 9.69 Å². The molecule has 0 aliphatic carbocycles. The number of hydrogen-bond donors (Lipinski definition) is 0. The van der Waals surface area contributed by atoms with Crippen LogP contribution in [0.3, 0.4) is 0 Å². The van der Waals surface area contributed by atoms with Crippen LogP contribution in [0, 0.1) is 0 Å². The van der Waals surface area contributed by atoms with Gasteiger partial charge < -0.3 is 9.64 Å². The fraction of sp³-hybridized carbons (Fsp3) is 0.296. The molecule has 1 spiro atoms. The Kier molecular flexibility index (Phi) is 5.66. The molecule has 0 bridgehead atoms. The Hall–Kier alpha value is -2.82. The summed E-state index contributed by atoms with van der Waals surface area (Å²) >= 11 is 6.17. The van der Waals surface area contributed by atoms with Gasteiger partial charge in [0.05, 0.1) is 7.11 Å². The molecule has 5 heteroatoms. The number of halogens is 1. The first-order valence-electron chi connectivity index (χ1n) is 11.1. The van der Waals surface area contributed by atoms with Gasteiger partial charge in [-0.15, -0.1) is 0 Å². The minimum absolute atomic E-state index is 0.00232. The number of piperidine rings is 1. The Bertz CT molecular complexity index is 1120. The average molecular weight is 447 g/mol. The third kappa shape index (κ3) is 3.89. The van der Waals surface area contributed by atoms with Crippen LogP contribution >= 0.6 is 11.6 Å². The molecular formula is C27H27ClN2O2. The molecule has 2 heterocycles. The minimum Gasteiger partial charge on any atom is -0.497 e. The van der Waals surface area contributed by atoms with Gasteiger partial charge in [-0.1, -0.05) is 48.0 Å². The quantitative estimate of drug-likeness (QED) is 0.527. The van der Waals surface area contributed by atoms with E-state index < -0.39 is 0 Å². The van der Waals surface area contributed by atoms with Gasteiger partial charge in [-0.05, 0) is 73.5 Å². The molecule has 164 valence electrons. The Morgan fingerprint density at radius 1 is 1.00 bits per heavy atom. The van der Waals surface area contributed by atoms with E-state index in [2.05, 4.69) is 41.3 Å². The van der Waals surface area contributed by atoms with Crippen molar-refractivity contribution in [3.63, 3.8) is 0 Å². The van der Waals surface area contributed by atoms with Crippen LogP contribution in [0.2, 0.25) is 5.02 Å². The van der Waals surface area contributed by atoms with E-state index in [9.17, 15) is 4.79 Å². The topological polar surface area (TPSA) is 32.8 Å². The summed E-state index contributed by atoms with van der Waals surface area (Å²) in [4.78, 5) is 17.9. The molecule has 0 atom stereocenters. The molecule has 0 aromatic heterocycles. The number of likely N-dealkylation sites (tertiary alicyclic amines) is 1. The number of benzene rings is 3. The van der Waals surface area contributed by atoms with Crippen LogP contribution in [-0.2, 0) is 12.0 Å². The third-order valence-electron chi connectivity index (χ3n) is 6.91. The number of rotatable bonds is 4. The maximum absolute atomic E-state index is 13.5. The van der Waals surface area contributed by atoms with Crippen LogP contribution in [0.5, 0.6) is 5.75 Å². The lowest BCUT2D eigenvalue weighted by Crippen LogP contribution is -2.45. The average Bonchev–Trinajstić information content (AvgIpc) is 3.14. The molecule has 32 heavy (non-hydrogen) atoms. The molecule has 3 aromatic carbocycles. The van der Waals surface area contributed by atoms with E-state index in [1.807, 2.05) is 29.2 Å². The van der Waals surface area contributed by atoms with Crippen molar-refractivity contribution in [3.8, 4) is 5.75 Å². The zero-order valence-electron chi connectivity index (χ0n) is 18.3. The van der Waals surface area contributed by atoms with Crippen LogP contribution in [0.1, 0.15) is 34.3 Å². The fourth-order valence-corrected chi connectivity index (χ4v) is 5.33. The molecule has 1 fully saturated rings. The van der Waals surface area contributed by atoms with E-state index in [1.54, 1.807) is 19.2 Å². The van der Waals surface area contributed by atoms with Crippen LogP contribution in [0.15, 0.2) is 72.8 Å². The van der Waals surface area contributed by atoms with E-state index in [1.165, 1.54) is 11.1 Å². The highest BCUT2D eigenvalue weighted by Crippen LogP contribution is 2.48. The molecule has 5 rings (SSSR count). The number of anilines is 1. The summed E-state index contributed by atoms with van der Waals surface area (Å²) in [5.41, 5.74) is 4.14. The van der Waals surface area contributed by atoms with Crippen molar-refractivity contribution in [2.75, 3.05) is 31.6 Å². The van der Waals surface area contributed by atoms with E-state index in [0.717, 1.165) is 43.9 Å². The van der Waals surface area contributed by atoms with Crippen LogP contribution in [0.4, 0.5) is 5.69 Å². The van der Waals surface area contributed by atoms with Gasteiger partial charge in [-0.2, -0.15) is 0 Å². The van der Waals surface area contributed by atoms with Crippen molar-refractivity contribution in [1.82, 2.24) is 4.90 Å². The molecule has 0 unspecified atom stereocenters. The maximum atomic E-state index is 13.5. The Morgan fingerprint density at radius 3 is 2.50 bits per heavy atom. The fourth-order valence-electron chi connectivity index (χ4n) is 5.14. The Morgan fingerprint density at radius 2 is 1.78 bits per heavy atom. The number of nitrogens with zero attached hydrogens (tertiary/aromatic N) is 2. The molecule has 2 aliphatic heterocycles. The molecule has 1 saturated heterocycles. The van der Waals surface area contributed by atoms with Crippen molar-refractivity contribution >= 4 is 23.2 Å². The summed E-state index contributed by atoms with van der Waals surface area (Å²) in [5, 5.41) is 0.578. The molecule has 0 N–H and O–H groups in total. The van der Waals surface area contributed by atoms with Crippen molar-refractivity contribution < 1.29 is 9.53 Å². The van der Waals surface area contributed by atoms with Gasteiger partial charge in [0, 0.05) is 34.8 Å². The monoisotopic (exact) mass is 446 g/mol. The predicted octanol–water partition coefficient (Wildman–Crippen LogP) is 5.54. The first-order valence-corrected chi connectivity index (χ1v) is 11.5. The Labute approximate surface area is 194 Å². The molecule has 0 radical (unpaired) electrons. The number of amides is 1. The molecule has 2 aliphatic rings. The van der Waals surface area contributed by atoms with Gasteiger partial charge in [0.15, 0.2) is 0 Å². The predicted molar refractivity (Wildman–Crippen MR) is 129 cm³/mol.